The molecule has 5 heteroatoms. The number of hydrogen-bond acceptors (Lipinski definition) is 2. The molecule has 136 valence electrons. The maximum atomic E-state index is 13.6. The molecule has 4 aliphatic rings. The molecule has 0 spiro atoms. The molecule has 0 unspecified atom stereocenters. The summed E-state index contributed by atoms with van der Waals surface area (Å²) in [5.74, 6) is 1.63. The van der Waals surface area contributed by atoms with Gasteiger partial charge in [0.1, 0.15) is 48.3 Å². The highest BCUT2D eigenvalue weighted by Gasteiger charge is 2.73. The van der Waals surface area contributed by atoms with Gasteiger partial charge in [0.05, 0.1) is 0 Å². The van der Waals surface area contributed by atoms with Gasteiger partial charge in [-0.15, -0.1) is 0 Å². The van der Waals surface area contributed by atoms with Gasteiger partial charge in [0, 0.05) is 4.47 Å². The molecule has 3 N–H and O–H groups in total. The summed E-state index contributed by atoms with van der Waals surface area (Å²) in [6, 6.07) is 5.74. The number of phenols is 1. The van der Waals surface area contributed by atoms with Gasteiger partial charge in [0.15, 0.2) is 5.78 Å². The summed E-state index contributed by atoms with van der Waals surface area (Å²) in [4.78, 5) is 16.5. The highest BCUT2D eigenvalue weighted by atomic mass is 79.9. The van der Waals surface area contributed by atoms with E-state index in [0.717, 1.165) is 36.2 Å². The number of rotatable bonds is 3. The van der Waals surface area contributed by atoms with Gasteiger partial charge in [0.25, 0.3) is 0 Å². The lowest BCUT2D eigenvalue weighted by Gasteiger charge is -2.62. The lowest BCUT2D eigenvalue weighted by Crippen LogP contribution is -3.41. The third-order valence-corrected chi connectivity index (χ3v) is 7.90. The second-order valence-electron chi connectivity index (χ2n) is 9.11. The third kappa shape index (κ3) is 2.22. The maximum Gasteiger partial charge on any atom is 0.244 e. The SMILES string of the molecule is CC(C)C12C[NH+]3CC(C(C)C)(C[NH+](C1)C3c1cc(Br)ccc1O)C2=O. The molecule has 25 heavy (non-hydrogen) atoms. The largest absolute Gasteiger partial charge is 0.507 e. The highest BCUT2D eigenvalue weighted by Crippen LogP contribution is 2.45. The number of aromatic hydroxyl groups is 1. The Hall–Kier alpha value is -0.910. The molecule has 0 radical (unpaired) electrons. The first kappa shape index (κ1) is 17.5. The summed E-state index contributed by atoms with van der Waals surface area (Å²) in [6.45, 7) is 12.5. The molecule has 0 saturated carbocycles. The smallest absolute Gasteiger partial charge is 0.244 e. The summed E-state index contributed by atoms with van der Waals surface area (Å²) < 4.78 is 1.00. The van der Waals surface area contributed by atoms with Crippen LogP contribution in [0.5, 0.6) is 5.75 Å². The van der Waals surface area contributed by atoms with Gasteiger partial charge >= 0.3 is 0 Å². The van der Waals surface area contributed by atoms with Crippen molar-refractivity contribution in [2.75, 3.05) is 26.2 Å². The molecule has 4 nitrogen and oxygen atoms in total. The Morgan fingerprint density at radius 1 is 1.04 bits per heavy atom. The van der Waals surface area contributed by atoms with Gasteiger partial charge in [0.2, 0.25) is 6.17 Å². The van der Waals surface area contributed by atoms with E-state index in [0.29, 0.717) is 23.4 Å². The van der Waals surface area contributed by atoms with Crippen molar-refractivity contribution in [3.05, 3.63) is 28.2 Å². The van der Waals surface area contributed by atoms with Gasteiger partial charge in [-0.1, -0.05) is 43.6 Å². The standard InChI is InChI=1S/C20H27BrN2O2/c1-12(2)19-8-22-10-20(13(3)4,18(19)25)11-23(9-19)17(22)15-7-14(21)5-6-16(15)24/h5-7,12-13,17,24H,8-11H2,1-4H3/p+2. The predicted molar refractivity (Wildman–Crippen MR) is 99.5 cm³/mol. The van der Waals surface area contributed by atoms with Crippen LogP contribution in [0.2, 0.25) is 0 Å². The van der Waals surface area contributed by atoms with Crippen molar-refractivity contribution >= 4 is 21.7 Å². The minimum atomic E-state index is -0.205. The lowest BCUT2D eigenvalue weighted by molar-refractivity contribution is -1.18. The van der Waals surface area contributed by atoms with Crippen LogP contribution < -0.4 is 9.80 Å². The van der Waals surface area contributed by atoms with E-state index in [1.54, 1.807) is 6.07 Å². The van der Waals surface area contributed by atoms with Crippen LogP contribution in [0.15, 0.2) is 22.7 Å². The van der Waals surface area contributed by atoms with E-state index in [-0.39, 0.29) is 17.0 Å². The molecular formula is C20H29BrN2O2+2. The Morgan fingerprint density at radius 3 is 1.96 bits per heavy atom. The van der Waals surface area contributed by atoms with Crippen LogP contribution >= 0.6 is 15.9 Å². The van der Waals surface area contributed by atoms with Crippen LogP contribution in [0.25, 0.3) is 0 Å². The number of hydrogen-bond donors (Lipinski definition) is 3. The van der Waals surface area contributed by atoms with Crippen molar-refractivity contribution in [3.63, 3.8) is 0 Å². The van der Waals surface area contributed by atoms with E-state index < -0.39 is 0 Å². The molecule has 1 aromatic rings. The molecule has 0 amide bonds. The number of ketones is 1. The van der Waals surface area contributed by atoms with E-state index in [1.807, 2.05) is 6.07 Å². The highest BCUT2D eigenvalue weighted by molar-refractivity contribution is 9.10. The number of benzene rings is 1. The molecule has 4 heterocycles. The van der Waals surface area contributed by atoms with Crippen molar-refractivity contribution in [3.8, 4) is 5.75 Å². The number of Topliss-reactive ketones (excluding diaryl/α,β-unsaturated/α-hetero) is 1. The normalized spacial score (nSPS) is 39.6. The Balaban J connectivity index is 1.82. The Labute approximate surface area is 158 Å². The van der Waals surface area contributed by atoms with Gasteiger partial charge in [-0.25, -0.2) is 0 Å². The summed E-state index contributed by atoms with van der Waals surface area (Å²) in [7, 11) is 0. The molecular weight excluding hydrogens is 380 g/mol. The summed E-state index contributed by atoms with van der Waals surface area (Å²) in [5, 5.41) is 10.5. The zero-order chi connectivity index (χ0) is 18.1. The summed E-state index contributed by atoms with van der Waals surface area (Å²) in [5.41, 5.74) is 0.607. The van der Waals surface area contributed by atoms with Crippen LogP contribution in [-0.4, -0.2) is 37.1 Å². The molecule has 4 saturated heterocycles. The van der Waals surface area contributed by atoms with E-state index in [4.69, 9.17) is 0 Å². The fraction of sp³-hybridized carbons (Fsp3) is 0.650. The summed E-state index contributed by atoms with van der Waals surface area (Å²) >= 11 is 3.56. The van der Waals surface area contributed by atoms with E-state index >= 15 is 0 Å². The number of quaternary nitrogens is 2. The number of carbonyl (C=O) groups excluding carboxylic acids is 1. The molecule has 1 aromatic carbocycles. The van der Waals surface area contributed by atoms with Crippen molar-refractivity contribution in [2.24, 2.45) is 22.7 Å². The monoisotopic (exact) mass is 408 g/mol. The molecule has 4 fully saturated rings. The fourth-order valence-electron chi connectivity index (χ4n) is 5.92. The fourth-order valence-corrected chi connectivity index (χ4v) is 6.30. The lowest BCUT2D eigenvalue weighted by atomic mass is 9.53. The van der Waals surface area contributed by atoms with Crippen LogP contribution in [0.4, 0.5) is 0 Å². The minimum absolute atomic E-state index is 0.205. The zero-order valence-corrected chi connectivity index (χ0v) is 17.1. The third-order valence-electron chi connectivity index (χ3n) is 7.40. The molecule has 0 aromatic heterocycles. The molecule has 4 aliphatic heterocycles. The predicted octanol–water partition coefficient (Wildman–Crippen LogP) is 0.818. The first-order valence-corrected chi connectivity index (χ1v) is 10.2. The zero-order valence-electron chi connectivity index (χ0n) is 15.5. The number of nitrogens with one attached hydrogen (secondary N) is 2. The van der Waals surface area contributed by atoms with Gasteiger partial charge in [-0.05, 0) is 30.0 Å². The van der Waals surface area contributed by atoms with E-state index in [2.05, 4.69) is 49.7 Å². The van der Waals surface area contributed by atoms with Crippen LogP contribution in [0.1, 0.15) is 39.4 Å². The average molecular weight is 409 g/mol. The average Bonchev–Trinajstić information content (AvgIpc) is 2.53. The quantitative estimate of drug-likeness (QED) is 0.693. The van der Waals surface area contributed by atoms with Gasteiger partial charge < -0.3 is 5.11 Å². The van der Waals surface area contributed by atoms with Crippen molar-refractivity contribution in [2.45, 2.75) is 33.9 Å². The van der Waals surface area contributed by atoms with Crippen molar-refractivity contribution in [1.29, 1.82) is 0 Å². The number of halogens is 1. The minimum Gasteiger partial charge on any atom is -0.507 e. The maximum absolute atomic E-state index is 13.6. The van der Waals surface area contributed by atoms with Gasteiger partial charge in [-0.3, -0.25) is 14.6 Å². The van der Waals surface area contributed by atoms with Crippen molar-refractivity contribution < 1.29 is 19.7 Å². The second kappa shape index (κ2) is 5.54. The number of carbonyl (C=O) groups is 1. The van der Waals surface area contributed by atoms with Crippen LogP contribution in [0.3, 0.4) is 0 Å². The second-order valence-corrected chi connectivity index (χ2v) is 10.0. The first-order chi connectivity index (χ1) is 11.7. The molecule has 0 atom stereocenters. The van der Waals surface area contributed by atoms with E-state index in [9.17, 15) is 9.90 Å². The number of phenolic OH excluding ortho intramolecular Hbond substituents is 1. The van der Waals surface area contributed by atoms with Crippen LogP contribution in [-0.2, 0) is 4.79 Å². The number of piperidine rings is 2. The van der Waals surface area contributed by atoms with E-state index in [1.165, 1.54) is 9.80 Å². The Morgan fingerprint density at radius 2 is 1.52 bits per heavy atom. The van der Waals surface area contributed by atoms with Crippen LogP contribution in [0, 0.1) is 22.7 Å². The van der Waals surface area contributed by atoms with Gasteiger partial charge in [-0.2, -0.15) is 0 Å². The molecule has 5 rings (SSSR count). The summed E-state index contributed by atoms with van der Waals surface area (Å²) in [6.07, 6.45) is 0.226. The van der Waals surface area contributed by atoms with Crippen molar-refractivity contribution in [1.82, 2.24) is 0 Å². The molecule has 4 bridgehead atoms. The Bertz CT molecular complexity index is 684. The first-order valence-electron chi connectivity index (χ1n) is 9.44. The topological polar surface area (TPSA) is 46.2 Å². The Kier molecular flexibility index (Phi) is 3.88. The molecule has 0 aliphatic carbocycles.